The Bertz CT molecular complexity index is 1260. The number of anilines is 2. The number of urea groups is 1. The Hall–Kier alpha value is -3.22. The summed E-state index contributed by atoms with van der Waals surface area (Å²) in [7, 11) is 0. The fraction of sp³-hybridized carbons (Fsp3) is 0.286. The zero-order valence-electron chi connectivity index (χ0n) is 20.3. The number of carbonyl (C=O) groups is 2. The molecule has 6 nitrogen and oxygen atoms in total. The van der Waals surface area contributed by atoms with E-state index in [0.717, 1.165) is 24.1 Å². The second kappa shape index (κ2) is 11.7. The van der Waals surface area contributed by atoms with Gasteiger partial charge in [0.15, 0.2) is 0 Å². The number of carbonyl (C=O) groups excluding carboxylic acids is 2. The monoisotopic (exact) mass is 524 g/mol. The molecule has 0 bridgehead atoms. The van der Waals surface area contributed by atoms with E-state index in [4.69, 9.17) is 23.2 Å². The first kappa shape index (κ1) is 25.9. The Morgan fingerprint density at radius 1 is 0.972 bits per heavy atom. The van der Waals surface area contributed by atoms with Crippen LogP contribution in [0.4, 0.5) is 16.2 Å². The minimum Gasteiger partial charge on any atom is -0.354 e. The van der Waals surface area contributed by atoms with Crippen LogP contribution in [0.3, 0.4) is 0 Å². The number of hydrogen-bond acceptors (Lipinski definition) is 3. The van der Waals surface area contributed by atoms with Crippen LogP contribution in [0, 0.1) is 0 Å². The molecule has 1 aliphatic carbocycles. The minimum atomic E-state index is -0.406. The summed E-state index contributed by atoms with van der Waals surface area (Å²) < 4.78 is 0. The van der Waals surface area contributed by atoms with Crippen molar-refractivity contribution < 1.29 is 9.59 Å². The third-order valence-corrected chi connectivity index (χ3v) is 6.99. The van der Waals surface area contributed by atoms with Gasteiger partial charge in [0.25, 0.3) is 5.91 Å². The number of nitrogens with one attached hydrogen (secondary N) is 4. The lowest BCUT2D eigenvalue weighted by atomic mass is 10.0. The molecular weight excluding hydrogens is 495 g/mol. The first-order valence-corrected chi connectivity index (χ1v) is 12.8. The van der Waals surface area contributed by atoms with Crippen LogP contribution in [-0.2, 0) is 6.42 Å². The van der Waals surface area contributed by atoms with E-state index in [9.17, 15) is 9.59 Å². The average Bonchev–Trinajstić information content (AvgIpc) is 3.26. The predicted molar refractivity (Wildman–Crippen MR) is 147 cm³/mol. The molecule has 4 N–H and O–H groups in total. The van der Waals surface area contributed by atoms with Gasteiger partial charge in [-0.25, -0.2) is 4.79 Å². The zero-order chi connectivity index (χ0) is 25.7. The Kier molecular flexibility index (Phi) is 8.39. The largest absolute Gasteiger partial charge is 0.354 e. The molecule has 0 heterocycles. The summed E-state index contributed by atoms with van der Waals surface area (Å²) in [6, 6.07) is 19.3. The lowest BCUT2D eigenvalue weighted by Crippen LogP contribution is -2.41. The summed E-state index contributed by atoms with van der Waals surface area (Å²) in [5.41, 5.74) is 5.27. The van der Waals surface area contributed by atoms with Crippen molar-refractivity contribution in [1.29, 1.82) is 0 Å². The van der Waals surface area contributed by atoms with Crippen molar-refractivity contribution in [1.82, 2.24) is 16.0 Å². The van der Waals surface area contributed by atoms with Gasteiger partial charge in [0.1, 0.15) is 0 Å². The van der Waals surface area contributed by atoms with Crippen LogP contribution in [-0.4, -0.2) is 25.0 Å². The van der Waals surface area contributed by atoms with Crippen molar-refractivity contribution in [3.63, 3.8) is 0 Å². The van der Waals surface area contributed by atoms with Crippen molar-refractivity contribution in [2.24, 2.45) is 0 Å². The summed E-state index contributed by atoms with van der Waals surface area (Å²) in [5, 5.41) is 12.3. The average molecular weight is 525 g/mol. The molecule has 0 spiro atoms. The van der Waals surface area contributed by atoms with Crippen molar-refractivity contribution in [3.05, 3.63) is 93.0 Å². The second-order valence-electron chi connectivity index (χ2n) is 9.14. The SMILES string of the molecule is CC(C)c1cccc(Nc2ccc(Cl)c(C(=O)NCCNC(=O)N[C@@H]3CCc4ccccc43)c2Cl)c1. The first-order valence-electron chi connectivity index (χ1n) is 12.1. The number of hydrogen-bond donors (Lipinski definition) is 4. The number of rotatable bonds is 8. The summed E-state index contributed by atoms with van der Waals surface area (Å²) in [6.07, 6.45) is 1.84. The van der Waals surface area contributed by atoms with E-state index in [1.165, 1.54) is 11.1 Å². The standard InChI is InChI=1S/C28H30Cl2N4O2/c1-17(2)19-7-5-8-20(16-19)33-24-13-11-22(29)25(26(24)30)27(35)31-14-15-32-28(36)34-23-12-10-18-6-3-4-9-21(18)23/h3-9,11,13,16-17,23,33H,10,12,14-15H2,1-2H3,(H,31,35)(H2,32,34,36)/t23-/m1/s1. The molecule has 3 aromatic rings. The van der Waals surface area contributed by atoms with E-state index in [0.29, 0.717) is 11.6 Å². The zero-order valence-corrected chi connectivity index (χ0v) is 21.8. The molecule has 4 rings (SSSR count). The molecule has 1 atom stereocenters. The molecule has 0 radical (unpaired) electrons. The maximum absolute atomic E-state index is 12.9. The van der Waals surface area contributed by atoms with Crippen molar-refractivity contribution in [2.45, 2.75) is 38.6 Å². The third-order valence-electron chi connectivity index (χ3n) is 6.28. The van der Waals surface area contributed by atoms with Crippen LogP contribution in [0.25, 0.3) is 0 Å². The van der Waals surface area contributed by atoms with E-state index < -0.39 is 5.91 Å². The first-order chi connectivity index (χ1) is 17.3. The van der Waals surface area contributed by atoms with Crippen molar-refractivity contribution in [2.75, 3.05) is 18.4 Å². The van der Waals surface area contributed by atoms with E-state index in [2.05, 4.69) is 53.3 Å². The van der Waals surface area contributed by atoms with Gasteiger partial charge in [-0.15, -0.1) is 0 Å². The summed E-state index contributed by atoms with van der Waals surface area (Å²) >= 11 is 12.9. The Morgan fingerprint density at radius 3 is 2.56 bits per heavy atom. The van der Waals surface area contributed by atoms with Crippen LogP contribution >= 0.6 is 23.2 Å². The number of aryl methyl sites for hydroxylation is 1. The summed E-state index contributed by atoms with van der Waals surface area (Å²) in [5.74, 6) is -0.0186. The summed E-state index contributed by atoms with van der Waals surface area (Å²) in [6.45, 7) is 4.75. The van der Waals surface area contributed by atoms with Gasteiger partial charge >= 0.3 is 6.03 Å². The molecule has 36 heavy (non-hydrogen) atoms. The molecule has 0 aromatic heterocycles. The highest BCUT2D eigenvalue weighted by Crippen LogP contribution is 2.34. The van der Waals surface area contributed by atoms with Gasteiger partial charge in [-0.2, -0.15) is 0 Å². The van der Waals surface area contributed by atoms with E-state index in [1.54, 1.807) is 12.1 Å². The Labute approximate surface area is 221 Å². The lowest BCUT2D eigenvalue weighted by Gasteiger charge is -2.16. The molecule has 1 aliphatic rings. The molecule has 3 amide bonds. The smallest absolute Gasteiger partial charge is 0.315 e. The number of amides is 3. The molecule has 3 aromatic carbocycles. The van der Waals surface area contributed by atoms with Crippen molar-refractivity contribution >= 4 is 46.5 Å². The van der Waals surface area contributed by atoms with Gasteiger partial charge in [-0.1, -0.05) is 73.4 Å². The fourth-order valence-electron chi connectivity index (χ4n) is 4.35. The van der Waals surface area contributed by atoms with Gasteiger partial charge < -0.3 is 21.3 Å². The van der Waals surface area contributed by atoms with Crippen molar-refractivity contribution in [3.8, 4) is 0 Å². The maximum atomic E-state index is 12.9. The topological polar surface area (TPSA) is 82.3 Å². The minimum absolute atomic E-state index is 0.00451. The van der Waals surface area contributed by atoms with E-state index >= 15 is 0 Å². The number of fused-ring (bicyclic) bond motifs is 1. The molecule has 0 aliphatic heterocycles. The van der Waals surface area contributed by atoms with Gasteiger partial charge in [-0.05, 0) is 59.7 Å². The Balaban J connectivity index is 1.31. The molecule has 8 heteroatoms. The summed E-state index contributed by atoms with van der Waals surface area (Å²) in [4.78, 5) is 25.2. The predicted octanol–water partition coefficient (Wildman–Crippen LogP) is 6.58. The number of benzene rings is 3. The highest BCUT2D eigenvalue weighted by Gasteiger charge is 2.23. The van der Waals surface area contributed by atoms with Crippen LogP contribution in [0.5, 0.6) is 0 Å². The van der Waals surface area contributed by atoms with Crippen LogP contribution in [0.1, 0.15) is 59.3 Å². The van der Waals surface area contributed by atoms with Crippen LogP contribution in [0.15, 0.2) is 60.7 Å². The molecule has 0 unspecified atom stereocenters. The lowest BCUT2D eigenvalue weighted by molar-refractivity contribution is 0.0954. The second-order valence-corrected chi connectivity index (χ2v) is 9.92. The van der Waals surface area contributed by atoms with Gasteiger partial charge in [0.05, 0.1) is 27.3 Å². The third kappa shape index (κ3) is 6.12. The molecule has 0 fully saturated rings. The van der Waals surface area contributed by atoms with Crippen LogP contribution < -0.4 is 21.3 Å². The van der Waals surface area contributed by atoms with Gasteiger partial charge in [-0.3, -0.25) is 4.79 Å². The van der Waals surface area contributed by atoms with E-state index in [-0.39, 0.29) is 40.8 Å². The van der Waals surface area contributed by atoms with Gasteiger partial charge in [0.2, 0.25) is 0 Å². The molecular formula is C28H30Cl2N4O2. The molecule has 0 saturated carbocycles. The molecule has 188 valence electrons. The molecule has 0 saturated heterocycles. The normalized spacial score (nSPS) is 14.3. The highest BCUT2D eigenvalue weighted by molar-refractivity contribution is 6.41. The maximum Gasteiger partial charge on any atom is 0.315 e. The van der Waals surface area contributed by atoms with E-state index in [1.807, 2.05) is 30.3 Å². The van der Waals surface area contributed by atoms with Crippen LogP contribution in [0.2, 0.25) is 10.0 Å². The highest BCUT2D eigenvalue weighted by atomic mass is 35.5. The number of halogens is 2. The fourth-order valence-corrected chi connectivity index (χ4v) is 4.93. The quantitative estimate of drug-likeness (QED) is 0.251. The van der Waals surface area contributed by atoms with Gasteiger partial charge in [0, 0.05) is 18.8 Å². The Morgan fingerprint density at radius 2 is 1.75 bits per heavy atom.